The van der Waals surface area contributed by atoms with Crippen molar-refractivity contribution in [3.8, 4) is 11.5 Å². The maximum atomic E-state index is 11.8. The van der Waals surface area contributed by atoms with Gasteiger partial charge in [0.2, 0.25) is 0 Å². The van der Waals surface area contributed by atoms with E-state index in [0.717, 1.165) is 12.0 Å². The molecule has 3 aliphatic rings. The topological polar surface area (TPSA) is 59.7 Å². The van der Waals surface area contributed by atoms with Gasteiger partial charge in [-0.15, -0.1) is 0 Å². The smallest absolute Gasteiger partial charge is 0.336 e. The molecule has 2 saturated carbocycles. The summed E-state index contributed by atoms with van der Waals surface area (Å²) in [4.78, 5) is 11.8. The number of fused-ring (bicyclic) bond motifs is 4. The van der Waals surface area contributed by atoms with Crippen LogP contribution in [0, 0.1) is 17.3 Å². The Kier molecular flexibility index (Phi) is 2.19. The first-order valence-corrected chi connectivity index (χ1v) is 8.32. The third kappa shape index (κ3) is 1.41. The zero-order valence-corrected chi connectivity index (χ0v) is 13.6. The molecule has 1 aromatic carbocycles. The average Bonchev–Trinajstić information content (AvgIpc) is 2.81. The molecule has 0 radical (unpaired) electrons. The van der Waals surface area contributed by atoms with Gasteiger partial charge < -0.3 is 14.3 Å². The lowest BCUT2D eigenvalue weighted by Gasteiger charge is -2.62. The fourth-order valence-electron chi connectivity index (χ4n) is 5.72. The Bertz CT molecular complexity index is 909. The van der Waals surface area contributed by atoms with Crippen LogP contribution in [-0.2, 0) is 0 Å². The maximum absolute atomic E-state index is 11.8. The highest BCUT2D eigenvalue weighted by atomic mass is 16.5. The Labute approximate surface area is 134 Å². The lowest BCUT2D eigenvalue weighted by Crippen LogP contribution is -2.59. The van der Waals surface area contributed by atoms with Gasteiger partial charge in [-0.3, -0.25) is 0 Å². The van der Waals surface area contributed by atoms with Gasteiger partial charge in [0.1, 0.15) is 22.7 Å². The summed E-state index contributed by atoms with van der Waals surface area (Å²) in [7, 11) is 0. The summed E-state index contributed by atoms with van der Waals surface area (Å²) in [6.45, 7) is 6.80. The zero-order valence-electron chi connectivity index (χ0n) is 13.6. The van der Waals surface area contributed by atoms with E-state index in [1.165, 1.54) is 12.5 Å². The summed E-state index contributed by atoms with van der Waals surface area (Å²) < 4.78 is 11.9. The summed E-state index contributed by atoms with van der Waals surface area (Å²) in [5, 5.41) is 10.9. The number of aromatic hydroxyl groups is 1. The fraction of sp³-hybridized carbons (Fsp3) is 0.526. The van der Waals surface area contributed by atoms with Gasteiger partial charge in [-0.2, -0.15) is 0 Å². The second-order valence-corrected chi connectivity index (χ2v) is 8.19. The summed E-state index contributed by atoms with van der Waals surface area (Å²) in [6.07, 6.45) is 2.21. The highest BCUT2D eigenvalue weighted by Crippen LogP contribution is 2.74. The van der Waals surface area contributed by atoms with Crippen molar-refractivity contribution in [1.82, 2.24) is 0 Å². The van der Waals surface area contributed by atoms with E-state index in [1.807, 2.05) is 0 Å². The van der Waals surface area contributed by atoms with Gasteiger partial charge >= 0.3 is 5.63 Å². The van der Waals surface area contributed by atoms with E-state index in [-0.39, 0.29) is 16.8 Å². The van der Waals surface area contributed by atoms with Gasteiger partial charge in [0.05, 0.1) is 5.39 Å². The van der Waals surface area contributed by atoms with Crippen LogP contribution in [0.15, 0.2) is 27.4 Å². The Morgan fingerprint density at radius 1 is 1.26 bits per heavy atom. The van der Waals surface area contributed by atoms with Crippen molar-refractivity contribution in [1.29, 1.82) is 0 Å². The number of phenols is 1. The van der Waals surface area contributed by atoms with Crippen LogP contribution in [0.4, 0.5) is 0 Å². The second-order valence-electron chi connectivity index (χ2n) is 8.19. The number of hydrogen-bond acceptors (Lipinski definition) is 4. The van der Waals surface area contributed by atoms with E-state index < -0.39 is 5.63 Å². The third-order valence-electron chi connectivity index (χ3n) is 6.75. The molecule has 5 rings (SSSR count). The maximum Gasteiger partial charge on any atom is 0.336 e. The average molecular weight is 312 g/mol. The molecule has 2 fully saturated rings. The van der Waals surface area contributed by atoms with Gasteiger partial charge in [0.15, 0.2) is 0 Å². The molecular weight excluding hydrogens is 292 g/mol. The Balaban J connectivity index is 1.87. The van der Waals surface area contributed by atoms with Gasteiger partial charge in [0, 0.05) is 29.5 Å². The molecule has 4 atom stereocenters. The van der Waals surface area contributed by atoms with E-state index in [0.29, 0.717) is 34.5 Å². The normalized spacial score (nSPS) is 36.0. The standard InChI is InChI=1S/C19H20O4/c1-18(2)10-6-7-19(3)15(10)16(18)14-12(23-19)8-11(20)9-4-5-13(21)22-17(9)14/h4-5,8,10,15-16,20H,6-7H2,1-3H3/t10-,15+,16?,19+/m1/s1. The Hall–Kier alpha value is -1.97. The van der Waals surface area contributed by atoms with Crippen LogP contribution < -0.4 is 10.4 Å². The summed E-state index contributed by atoms with van der Waals surface area (Å²) in [6, 6.07) is 4.69. The second kappa shape index (κ2) is 3.74. The van der Waals surface area contributed by atoms with E-state index >= 15 is 0 Å². The lowest BCUT2D eigenvalue weighted by atomic mass is 9.45. The molecule has 2 aliphatic carbocycles. The Morgan fingerprint density at radius 2 is 2.04 bits per heavy atom. The van der Waals surface area contributed by atoms with Gasteiger partial charge in [0.25, 0.3) is 0 Å². The zero-order chi connectivity index (χ0) is 16.1. The lowest BCUT2D eigenvalue weighted by molar-refractivity contribution is -0.119. The first-order valence-electron chi connectivity index (χ1n) is 8.32. The van der Waals surface area contributed by atoms with E-state index in [1.54, 1.807) is 12.1 Å². The summed E-state index contributed by atoms with van der Waals surface area (Å²) in [5.74, 6) is 2.20. The van der Waals surface area contributed by atoms with Crippen molar-refractivity contribution in [3.05, 3.63) is 34.2 Å². The molecular formula is C19H20O4. The van der Waals surface area contributed by atoms with Crippen molar-refractivity contribution < 1.29 is 14.3 Å². The molecule has 0 amide bonds. The first-order chi connectivity index (χ1) is 10.8. The summed E-state index contributed by atoms with van der Waals surface area (Å²) >= 11 is 0. The largest absolute Gasteiger partial charge is 0.507 e. The predicted molar refractivity (Wildman–Crippen MR) is 85.9 cm³/mol. The number of rotatable bonds is 0. The molecule has 1 aromatic heterocycles. The van der Waals surface area contributed by atoms with Crippen LogP contribution in [0.3, 0.4) is 0 Å². The molecule has 120 valence electrons. The van der Waals surface area contributed by atoms with Crippen molar-refractivity contribution >= 4 is 11.0 Å². The summed E-state index contributed by atoms with van der Waals surface area (Å²) in [5.41, 5.74) is 1.06. The highest BCUT2D eigenvalue weighted by Gasteiger charge is 2.69. The molecule has 2 heterocycles. The molecule has 2 aromatic rings. The van der Waals surface area contributed by atoms with E-state index in [2.05, 4.69) is 20.8 Å². The fourth-order valence-corrected chi connectivity index (χ4v) is 5.72. The number of ether oxygens (including phenoxy) is 1. The van der Waals surface area contributed by atoms with Gasteiger partial charge in [-0.25, -0.2) is 4.79 Å². The minimum Gasteiger partial charge on any atom is -0.507 e. The van der Waals surface area contributed by atoms with Crippen LogP contribution in [0.2, 0.25) is 0 Å². The SMILES string of the molecule is CC1(C)C2c3c(cc(O)c4ccc(=O)oc34)O[C@@]3(C)CC[C@@H]1[C@@H]23. The molecule has 0 bridgehead atoms. The molecule has 1 N–H and O–H groups in total. The quantitative estimate of drug-likeness (QED) is 0.752. The van der Waals surface area contributed by atoms with Crippen LogP contribution in [0.25, 0.3) is 11.0 Å². The van der Waals surface area contributed by atoms with Crippen LogP contribution in [0.5, 0.6) is 11.5 Å². The van der Waals surface area contributed by atoms with Crippen LogP contribution in [0.1, 0.15) is 45.1 Å². The molecule has 1 aliphatic heterocycles. The van der Waals surface area contributed by atoms with E-state index in [9.17, 15) is 9.90 Å². The molecule has 1 unspecified atom stereocenters. The van der Waals surface area contributed by atoms with Crippen molar-refractivity contribution in [2.75, 3.05) is 0 Å². The number of benzene rings is 1. The van der Waals surface area contributed by atoms with Crippen LogP contribution >= 0.6 is 0 Å². The van der Waals surface area contributed by atoms with E-state index in [4.69, 9.17) is 9.15 Å². The third-order valence-corrected chi connectivity index (χ3v) is 6.75. The number of phenolic OH excluding ortho intramolecular Hbond substituents is 1. The predicted octanol–water partition coefficient (Wildman–Crippen LogP) is 3.80. The highest BCUT2D eigenvalue weighted by molar-refractivity contribution is 5.89. The molecule has 0 spiro atoms. The molecule has 23 heavy (non-hydrogen) atoms. The molecule has 4 heteroatoms. The van der Waals surface area contributed by atoms with Crippen molar-refractivity contribution in [3.63, 3.8) is 0 Å². The van der Waals surface area contributed by atoms with Crippen molar-refractivity contribution in [2.45, 2.75) is 45.1 Å². The van der Waals surface area contributed by atoms with Crippen molar-refractivity contribution in [2.24, 2.45) is 17.3 Å². The van der Waals surface area contributed by atoms with Gasteiger partial charge in [-0.05, 0) is 37.2 Å². The number of hydrogen-bond donors (Lipinski definition) is 1. The first kappa shape index (κ1) is 13.5. The monoisotopic (exact) mass is 312 g/mol. The van der Waals surface area contributed by atoms with Gasteiger partial charge in [-0.1, -0.05) is 13.8 Å². The molecule has 4 nitrogen and oxygen atoms in total. The minimum absolute atomic E-state index is 0.108. The van der Waals surface area contributed by atoms with Crippen LogP contribution in [-0.4, -0.2) is 10.7 Å². The Morgan fingerprint density at radius 3 is 2.83 bits per heavy atom. The minimum atomic E-state index is -0.390. The molecule has 0 saturated heterocycles.